The molecule has 4 heteroatoms. The van der Waals surface area contributed by atoms with E-state index in [1.165, 1.54) is 0 Å². The molecule has 2 unspecified atom stereocenters. The third-order valence-electron chi connectivity index (χ3n) is 3.96. The topological polar surface area (TPSA) is 20.3 Å². The lowest BCUT2D eigenvalue weighted by atomic mass is 10.1. The molecule has 0 spiro atoms. The average Bonchev–Trinajstić information content (AvgIpc) is 2.85. The van der Waals surface area contributed by atoms with Crippen molar-refractivity contribution in [3.05, 3.63) is 64.7 Å². The first-order valence-electron chi connectivity index (χ1n) is 7.42. The number of hydrogen-bond acceptors (Lipinski definition) is 2. The number of thioether (sulfide) groups is 1. The van der Waals surface area contributed by atoms with E-state index in [2.05, 4.69) is 6.92 Å². The molecule has 0 aliphatic carbocycles. The molecule has 0 saturated carbocycles. The van der Waals surface area contributed by atoms with E-state index in [0.29, 0.717) is 5.02 Å². The van der Waals surface area contributed by atoms with Crippen molar-refractivity contribution < 1.29 is 4.79 Å². The lowest BCUT2D eigenvalue weighted by Crippen LogP contribution is -2.31. The maximum Gasteiger partial charge on any atom is 0.241 e. The molecule has 0 bridgehead atoms. The van der Waals surface area contributed by atoms with Crippen LogP contribution in [-0.4, -0.2) is 11.2 Å². The van der Waals surface area contributed by atoms with Gasteiger partial charge in [-0.05, 0) is 31.0 Å². The van der Waals surface area contributed by atoms with Crippen LogP contribution in [0.3, 0.4) is 0 Å². The Morgan fingerprint density at radius 3 is 2.50 bits per heavy atom. The van der Waals surface area contributed by atoms with E-state index in [4.69, 9.17) is 11.6 Å². The summed E-state index contributed by atoms with van der Waals surface area (Å²) in [4.78, 5) is 14.8. The number of rotatable bonds is 3. The van der Waals surface area contributed by atoms with E-state index in [0.717, 1.165) is 23.2 Å². The third kappa shape index (κ3) is 2.64. The summed E-state index contributed by atoms with van der Waals surface area (Å²) in [6.45, 7) is 4.09. The minimum absolute atomic E-state index is 0.0131. The SMILES string of the molecule is CCC1SC(c2ccccc2Cl)N(c2ccccc2C)C1=O. The van der Waals surface area contributed by atoms with Gasteiger partial charge in [0.1, 0.15) is 5.37 Å². The molecule has 1 heterocycles. The highest BCUT2D eigenvalue weighted by molar-refractivity contribution is 8.01. The van der Waals surface area contributed by atoms with Gasteiger partial charge in [-0.3, -0.25) is 9.69 Å². The number of benzene rings is 2. The largest absolute Gasteiger partial charge is 0.294 e. The molecule has 1 aliphatic rings. The minimum atomic E-state index is -0.0627. The molecule has 1 aliphatic heterocycles. The van der Waals surface area contributed by atoms with Crippen LogP contribution < -0.4 is 4.90 Å². The second-order valence-corrected chi connectivity index (χ2v) is 7.10. The molecule has 2 aromatic carbocycles. The van der Waals surface area contributed by atoms with Crippen molar-refractivity contribution in [2.45, 2.75) is 30.9 Å². The second-order valence-electron chi connectivity index (χ2n) is 5.40. The number of nitrogens with zero attached hydrogens (tertiary/aromatic N) is 1. The van der Waals surface area contributed by atoms with Crippen LogP contribution in [0.5, 0.6) is 0 Å². The van der Waals surface area contributed by atoms with Gasteiger partial charge in [0.15, 0.2) is 0 Å². The predicted molar refractivity (Wildman–Crippen MR) is 94.5 cm³/mol. The van der Waals surface area contributed by atoms with Crippen molar-refractivity contribution in [2.24, 2.45) is 0 Å². The molecule has 2 atom stereocenters. The maximum absolute atomic E-state index is 12.8. The normalized spacial score (nSPS) is 21.4. The number of amides is 1. The van der Waals surface area contributed by atoms with Gasteiger partial charge < -0.3 is 0 Å². The zero-order chi connectivity index (χ0) is 15.7. The smallest absolute Gasteiger partial charge is 0.241 e. The van der Waals surface area contributed by atoms with E-state index in [-0.39, 0.29) is 16.5 Å². The van der Waals surface area contributed by atoms with Gasteiger partial charge in [0.05, 0.1) is 5.25 Å². The quantitative estimate of drug-likeness (QED) is 0.769. The summed E-state index contributed by atoms with van der Waals surface area (Å²) in [5, 5.41) is 0.635. The van der Waals surface area contributed by atoms with Crippen molar-refractivity contribution >= 4 is 35.0 Å². The summed E-state index contributed by atoms with van der Waals surface area (Å²) in [5.41, 5.74) is 3.08. The summed E-state index contributed by atoms with van der Waals surface area (Å²) in [5.74, 6) is 0.173. The van der Waals surface area contributed by atoms with E-state index >= 15 is 0 Å². The lowest BCUT2D eigenvalue weighted by Gasteiger charge is -2.26. The standard InChI is InChI=1S/C18H18ClNOS/c1-3-16-17(21)20(15-11-7-4-8-12(15)2)18(22-16)13-9-5-6-10-14(13)19/h4-11,16,18H,3H2,1-2H3. The summed E-state index contributed by atoms with van der Waals surface area (Å²) in [6, 6.07) is 15.8. The Bertz CT molecular complexity index is 703. The van der Waals surface area contributed by atoms with Crippen LogP contribution >= 0.6 is 23.4 Å². The van der Waals surface area contributed by atoms with Gasteiger partial charge in [0.25, 0.3) is 0 Å². The van der Waals surface area contributed by atoms with Crippen LogP contribution in [0.4, 0.5) is 5.69 Å². The fourth-order valence-electron chi connectivity index (χ4n) is 2.78. The molecule has 1 saturated heterocycles. The van der Waals surface area contributed by atoms with E-state index in [9.17, 15) is 4.79 Å². The molecule has 1 fully saturated rings. The first kappa shape index (κ1) is 15.4. The Labute approximate surface area is 140 Å². The highest BCUT2D eigenvalue weighted by atomic mass is 35.5. The molecular formula is C18H18ClNOS. The second kappa shape index (κ2) is 6.35. The molecule has 0 radical (unpaired) electrons. The number of aryl methyl sites for hydroxylation is 1. The van der Waals surface area contributed by atoms with Gasteiger partial charge in [-0.2, -0.15) is 0 Å². The van der Waals surface area contributed by atoms with Gasteiger partial charge in [-0.1, -0.05) is 54.9 Å². The van der Waals surface area contributed by atoms with E-state index in [1.807, 2.05) is 60.4 Å². The minimum Gasteiger partial charge on any atom is -0.294 e. The van der Waals surface area contributed by atoms with Gasteiger partial charge in [-0.25, -0.2) is 0 Å². The van der Waals surface area contributed by atoms with Crippen LogP contribution in [0.2, 0.25) is 5.02 Å². The number of anilines is 1. The van der Waals surface area contributed by atoms with Gasteiger partial charge >= 0.3 is 0 Å². The summed E-state index contributed by atoms with van der Waals surface area (Å²) in [6.07, 6.45) is 0.826. The molecule has 114 valence electrons. The van der Waals surface area contributed by atoms with Crippen LogP contribution in [0.1, 0.15) is 29.8 Å². The van der Waals surface area contributed by atoms with Crippen molar-refractivity contribution in [3.63, 3.8) is 0 Å². The van der Waals surface area contributed by atoms with E-state index in [1.54, 1.807) is 11.8 Å². The first-order chi connectivity index (χ1) is 10.6. The molecule has 2 aromatic rings. The summed E-state index contributed by atoms with van der Waals surface area (Å²) < 4.78 is 0. The van der Waals surface area contributed by atoms with Crippen molar-refractivity contribution in [1.82, 2.24) is 0 Å². The predicted octanol–water partition coefficient (Wildman–Crippen LogP) is 5.21. The van der Waals surface area contributed by atoms with Crippen LogP contribution in [0.25, 0.3) is 0 Å². The molecule has 2 nitrogen and oxygen atoms in total. The highest BCUT2D eigenvalue weighted by Gasteiger charge is 2.41. The fourth-order valence-corrected chi connectivity index (χ4v) is 4.51. The maximum atomic E-state index is 12.8. The van der Waals surface area contributed by atoms with Crippen molar-refractivity contribution in [2.75, 3.05) is 4.90 Å². The molecular weight excluding hydrogens is 314 g/mol. The Morgan fingerprint density at radius 1 is 1.14 bits per heavy atom. The van der Waals surface area contributed by atoms with Crippen LogP contribution in [0.15, 0.2) is 48.5 Å². The van der Waals surface area contributed by atoms with Gasteiger partial charge in [0, 0.05) is 16.3 Å². The molecule has 22 heavy (non-hydrogen) atoms. The van der Waals surface area contributed by atoms with E-state index < -0.39 is 0 Å². The Kier molecular flexibility index (Phi) is 4.46. The Hall–Kier alpha value is -1.45. The summed E-state index contributed by atoms with van der Waals surface area (Å²) in [7, 11) is 0. The number of para-hydroxylation sites is 1. The molecule has 1 amide bonds. The van der Waals surface area contributed by atoms with Crippen LogP contribution in [-0.2, 0) is 4.79 Å². The van der Waals surface area contributed by atoms with Gasteiger partial charge in [0.2, 0.25) is 5.91 Å². The summed E-state index contributed by atoms with van der Waals surface area (Å²) >= 11 is 8.07. The first-order valence-corrected chi connectivity index (χ1v) is 8.74. The number of carbonyl (C=O) groups is 1. The number of hydrogen-bond donors (Lipinski definition) is 0. The fraction of sp³-hybridized carbons (Fsp3) is 0.278. The monoisotopic (exact) mass is 331 g/mol. The molecule has 0 aromatic heterocycles. The zero-order valence-electron chi connectivity index (χ0n) is 12.6. The van der Waals surface area contributed by atoms with Crippen molar-refractivity contribution in [3.8, 4) is 0 Å². The number of halogens is 1. The average molecular weight is 332 g/mol. The zero-order valence-corrected chi connectivity index (χ0v) is 14.2. The van der Waals surface area contributed by atoms with Crippen molar-refractivity contribution in [1.29, 1.82) is 0 Å². The Balaban J connectivity index is 2.09. The van der Waals surface area contributed by atoms with Crippen LogP contribution in [0, 0.1) is 6.92 Å². The number of carbonyl (C=O) groups excluding carboxylic acids is 1. The lowest BCUT2D eigenvalue weighted by molar-refractivity contribution is -0.117. The third-order valence-corrected chi connectivity index (χ3v) is 5.89. The molecule has 3 rings (SSSR count). The molecule has 0 N–H and O–H groups in total. The Morgan fingerprint density at radius 2 is 1.82 bits per heavy atom. The van der Waals surface area contributed by atoms with Gasteiger partial charge in [-0.15, -0.1) is 11.8 Å². The highest BCUT2D eigenvalue weighted by Crippen LogP contribution is 2.48.